The van der Waals surface area contributed by atoms with Crippen LogP contribution in [0.5, 0.6) is 5.75 Å². The summed E-state index contributed by atoms with van der Waals surface area (Å²) in [6.07, 6.45) is 2.73. The third-order valence-electron chi connectivity index (χ3n) is 2.41. The lowest BCUT2D eigenvalue weighted by molar-refractivity contribution is 0.217. The summed E-state index contributed by atoms with van der Waals surface area (Å²) in [6.45, 7) is 8.05. The molecular formula is C14H20N2O2. The Bertz CT molecular complexity index is 405. The third-order valence-corrected chi connectivity index (χ3v) is 2.41. The van der Waals surface area contributed by atoms with E-state index in [1.165, 1.54) is 0 Å². The molecule has 0 heterocycles. The van der Waals surface area contributed by atoms with E-state index in [1.807, 2.05) is 25.1 Å². The highest BCUT2D eigenvalue weighted by Crippen LogP contribution is 2.19. The fourth-order valence-corrected chi connectivity index (χ4v) is 1.30. The Balaban J connectivity index is 2.58. The highest BCUT2D eigenvalue weighted by molar-refractivity contribution is 5.89. The molecule has 18 heavy (non-hydrogen) atoms. The first-order valence-corrected chi connectivity index (χ1v) is 6.08. The van der Waals surface area contributed by atoms with Crippen molar-refractivity contribution in [1.29, 1.82) is 0 Å². The average Bonchev–Trinajstić information content (AvgIpc) is 2.36. The molecule has 0 saturated heterocycles. The number of carbonyl (C=O) groups excluding carboxylic acids is 1. The first kappa shape index (κ1) is 14.1. The predicted octanol–water partition coefficient (Wildman–Crippen LogP) is 3.17. The molecule has 0 aliphatic carbocycles. The van der Waals surface area contributed by atoms with Crippen molar-refractivity contribution in [2.24, 2.45) is 0 Å². The Morgan fingerprint density at radius 2 is 2.33 bits per heavy atom. The maximum Gasteiger partial charge on any atom is 0.319 e. The van der Waals surface area contributed by atoms with E-state index in [2.05, 4.69) is 24.1 Å². The normalized spacial score (nSPS) is 11.4. The van der Waals surface area contributed by atoms with Crippen LogP contribution in [0.4, 0.5) is 10.5 Å². The van der Waals surface area contributed by atoms with Crippen LogP contribution in [0.1, 0.15) is 20.3 Å². The van der Waals surface area contributed by atoms with Gasteiger partial charge in [0, 0.05) is 18.3 Å². The number of anilines is 1. The van der Waals surface area contributed by atoms with Gasteiger partial charge in [-0.15, -0.1) is 6.58 Å². The number of nitrogens with one attached hydrogen (secondary N) is 2. The Hall–Kier alpha value is -1.97. The smallest absolute Gasteiger partial charge is 0.319 e. The second-order valence-electron chi connectivity index (χ2n) is 3.99. The standard InChI is InChI=1S/C14H20N2O2/c1-4-9-15-14(17)16-12-7-6-8-13(10-12)18-11(3)5-2/h4,6-8,10-11H,1,5,9H2,2-3H3,(H2,15,16,17). The number of rotatable bonds is 6. The molecule has 4 nitrogen and oxygen atoms in total. The zero-order chi connectivity index (χ0) is 13.4. The highest BCUT2D eigenvalue weighted by atomic mass is 16.5. The molecule has 1 aromatic rings. The first-order chi connectivity index (χ1) is 8.65. The van der Waals surface area contributed by atoms with E-state index in [0.29, 0.717) is 12.2 Å². The van der Waals surface area contributed by atoms with Crippen LogP contribution in [0, 0.1) is 0 Å². The average molecular weight is 248 g/mol. The maximum atomic E-state index is 11.5. The molecule has 2 amide bonds. The van der Waals surface area contributed by atoms with Crippen molar-refractivity contribution in [3.63, 3.8) is 0 Å². The molecule has 0 bridgehead atoms. The Kier molecular flexibility index (Phi) is 5.77. The lowest BCUT2D eigenvalue weighted by Gasteiger charge is -2.13. The van der Waals surface area contributed by atoms with Gasteiger partial charge in [-0.05, 0) is 25.5 Å². The highest BCUT2D eigenvalue weighted by Gasteiger charge is 2.04. The Labute approximate surface area is 108 Å². The summed E-state index contributed by atoms with van der Waals surface area (Å²) in [7, 11) is 0. The fraction of sp³-hybridized carbons (Fsp3) is 0.357. The van der Waals surface area contributed by atoms with Gasteiger partial charge >= 0.3 is 6.03 Å². The lowest BCUT2D eigenvalue weighted by atomic mass is 10.3. The monoisotopic (exact) mass is 248 g/mol. The summed E-state index contributed by atoms with van der Waals surface area (Å²) >= 11 is 0. The maximum absolute atomic E-state index is 11.5. The van der Waals surface area contributed by atoms with E-state index in [4.69, 9.17) is 4.74 Å². The fourth-order valence-electron chi connectivity index (χ4n) is 1.30. The number of hydrogen-bond donors (Lipinski definition) is 2. The van der Waals surface area contributed by atoms with Crippen LogP contribution in [-0.4, -0.2) is 18.7 Å². The van der Waals surface area contributed by atoms with Crippen LogP contribution in [0.3, 0.4) is 0 Å². The van der Waals surface area contributed by atoms with Crippen LogP contribution in [0.25, 0.3) is 0 Å². The van der Waals surface area contributed by atoms with Crippen molar-refractivity contribution in [2.75, 3.05) is 11.9 Å². The van der Waals surface area contributed by atoms with Gasteiger partial charge in [-0.2, -0.15) is 0 Å². The molecule has 2 N–H and O–H groups in total. The van der Waals surface area contributed by atoms with Crippen LogP contribution in [0.2, 0.25) is 0 Å². The number of carbonyl (C=O) groups is 1. The van der Waals surface area contributed by atoms with Crippen LogP contribution < -0.4 is 15.4 Å². The van der Waals surface area contributed by atoms with E-state index in [1.54, 1.807) is 12.1 Å². The van der Waals surface area contributed by atoms with E-state index < -0.39 is 0 Å². The molecule has 1 atom stereocenters. The lowest BCUT2D eigenvalue weighted by Crippen LogP contribution is -2.28. The molecule has 0 aliphatic heterocycles. The summed E-state index contributed by atoms with van der Waals surface area (Å²) in [5.74, 6) is 0.755. The molecule has 0 spiro atoms. The molecule has 0 saturated carbocycles. The number of amides is 2. The molecule has 0 fully saturated rings. The largest absolute Gasteiger partial charge is 0.491 e. The van der Waals surface area contributed by atoms with Gasteiger partial charge in [-0.1, -0.05) is 19.1 Å². The van der Waals surface area contributed by atoms with E-state index in [9.17, 15) is 4.79 Å². The topological polar surface area (TPSA) is 50.4 Å². The molecule has 0 aromatic heterocycles. The van der Waals surface area contributed by atoms with Crippen molar-refractivity contribution in [1.82, 2.24) is 5.32 Å². The molecule has 1 aromatic carbocycles. The summed E-state index contributed by atoms with van der Waals surface area (Å²) < 4.78 is 5.68. The number of urea groups is 1. The van der Waals surface area contributed by atoms with Gasteiger partial charge in [0.25, 0.3) is 0 Å². The Morgan fingerprint density at radius 1 is 1.56 bits per heavy atom. The number of benzene rings is 1. The van der Waals surface area contributed by atoms with Gasteiger partial charge in [0.05, 0.1) is 6.10 Å². The summed E-state index contributed by atoms with van der Waals surface area (Å²) in [6, 6.07) is 7.09. The van der Waals surface area contributed by atoms with Gasteiger partial charge in [0.2, 0.25) is 0 Å². The molecular weight excluding hydrogens is 228 g/mol. The van der Waals surface area contributed by atoms with Crippen molar-refractivity contribution in [3.8, 4) is 5.75 Å². The van der Waals surface area contributed by atoms with Gasteiger partial charge < -0.3 is 15.4 Å². The van der Waals surface area contributed by atoms with Gasteiger partial charge in [0.1, 0.15) is 5.75 Å². The summed E-state index contributed by atoms with van der Waals surface area (Å²) in [4.78, 5) is 11.5. The van der Waals surface area contributed by atoms with Crippen LogP contribution >= 0.6 is 0 Å². The van der Waals surface area contributed by atoms with Gasteiger partial charge in [0.15, 0.2) is 0 Å². The quantitative estimate of drug-likeness (QED) is 0.760. The molecule has 1 rings (SSSR count). The molecule has 0 radical (unpaired) electrons. The third kappa shape index (κ3) is 4.91. The van der Waals surface area contributed by atoms with E-state index >= 15 is 0 Å². The second-order valence-corrected chi connectivity index (χ2v) is 3.99. The van der Waals surface area contributed by atoms with Crippen LogP contribution in [-0.2, 0) is 0 Å². The zero-order valence-corrected chi connectivity index (χ0v) is 10.9. The minimum absolute atomic E-state index is 0.162. The minimum atomic E-state index is -0.254. The number of ether oxygens (including phenoxy) is 1. The van der Waals surface area contributed by atoms with Gasteiger partial charge in [-0.3, -0.25) is 0 Å². The molecule has 4 heteroatoms. The Morgan fingerprint density at radius 3 is 3.00 bits per heavy atom. The summed E-state index contributed by atoms with van der Waals surface area (Å²) in [5, 5.41) is 5.37. The van der Waals surface area contributed by atoms with E-state index in [0.717, 1.165) is 12.2 Å². The SMILES string of the molecule is C=CCNC(=O)Nc1cccc(OC(C)CC)c1. The summed E-state index contributed by atoms with van der Waals surface area (Å²) in [5.41, 5.74) is 0.706. The minimum Gasteiger partial charge on any atom is -0.491 e. The van der Waals surface area contributed by atoms with Crippen molar-refractivity contribution >= 4 is 11.7 Å². The van der Waals surface area contributed by atoms with E-state index in [-0.39, 0.29) is 12.1 Å². The number of hydrogen-bond acceptors (Lipinski definition) is 2. The van der Waals surface area contributed by atoms with Crippen molar-refractivity contribution < 1.29 is 9.53 Å². The zero-order valence-electron chi connectivity index (χ0n) is 10.9. The van der Waals surface area contributed by atoms with Gasteiger partial charge in [-0.25, -0.2) is 4.79 Å². The van der Waals surface area contributed by atoms with Crippen molar-refractivity contribution in [2.45, 2.75) is 26.4 Å². The predicted molar refractivity (Wildman–Crippen MR) is 74.0 cm³/mol. The molecule has 1 unspecified atom stereocenters. The second kappa shape index (κ2) is 7.37. The molecule has 98 valence electrons. The molecule has 0 aliphatic rings. The van der Waals surface area contributed by atoms with Crippen molar-refractivity contribution in [3.05, 3.63) is 36.9 Å². The van der Waals surface area contributed by atoms with Crippen LogP contribution in [0.15, 0.2) is 36.9 Å². The first-order valence-electron chi connectivity index (χ1n) is 6.08.